The first kappa shape index (κ1) is 9.11. The first-order valence-electron chi connectivity index (χ1n) is 4.53. The quantitative estimate of drug-likeness (QED) is 0.666. The zero-order chi connectivity index (χ0) is 9.14. The summed E-state index contributed by atoms with van der Waals surface area (Å²) in [5.74, 6) is 0.593. The van der Waals surface area contributed by atoms with E-state index in [4.69, 9.17) is 5.73 Å². The SMILES string of the molecule is CCc1cc(C(C)C)ccc1N. The van der Waals surface area contributed by atoms with Crippen LogP contribution in [-0.4, -0.2) is 0 Å². The summed E-state index contributed by atoms with van der Waals surface area (Å²) in [4.78, 5) is 0. The van der Waals surface area contributed by atoms with E-state index in [0.717, 1.165) is 12.1 Å². The second-order valence-electron chi connectivity index (χ2n) is 3.47. The Morgan fingerprint density at radius 1 is 1.33 bits per heavy atom. The molecular formula is C11H17N. The number of nitrogens with two attached hydrogens (primary N) is 1. The second kappa shape index (κ2) is 3.61. The highest BCUT2D eigenvalue weighted by Crippen LogP contribution is 2.20. The van der Waals surface area contributed by atoms with Crippen molar-refractivity contribution in [1.82, 2.24) is 0 Å². The highest BCUT2D eigenvalue weighted by atomic mass is 14.6. The van der Waals surface area contributed by atoms with E-state index in [-0.39, 0.29) is 0 Å². The van der Waals surface area contributed by atoms with Crippen LogP contribution in [-0.2, 0) is 6.42 Å². The zero-order valence-electron chi connectivity index (χ0n) is 8.09. The van der Waals surface area contributed by atoms with Crippen molar-refractivity contribution in [3.05, 3.63) is 29.3 Å². The molecule has 0 atom stereocenters. The fourth-order valence-corrected chi connectivity index (χ4v) is 1.29. The number of hydrogen-bond donors (Lipinski definition) is 1. The number of aryl methyl sites for hydroxylation is 1. The van der Waals surface area contributed by atoms with Crippen LogP contribution in [0.25, 0.3) is 0 Å². The Morgan fingerprint density at radius 3 is 2.50 bits per heavy atom. The molecule has 0 radical (unpaired) electrons. The van der Waals surface area contributed by atoms with E-state index in [1.54, 1.807) is 0 Å². The molecule has 0 saturated carbocycles. The number of nitrogen functional groups attached to an aromatic ring is 1. The molecule has 66 valence electrons. The fourth-order valence-electron chi connectivity index (χ4n) is 1.29. The van der Waals surface area contributed by atoms with Gasteiger partial charge in [0.1, 0.15) is 0 Å². The lowest BCUT2D eigenvalue weighted by molar-refractivity contribution is 0.863. The van der Waals surface area contributed by atoms with Gasteiger partial charge in [0.2, 0.25) is 0 Å². The van der Waals surface area contributed by atoms with Crippen molar-refractivity contribution in [3.63, 3.8) is 0 Å². The van der Waals surface area contributed by atoms with Gasteiger partial charge in [-0.3, -0.25) is 0 Å². The van der Waals surface area contributed by atoms with E-state index in [1.807, 2.05) is 6.07 Å². The second-order valence-corrected chi connectivity index (χ2v) is 3.47. The third kappa shape index (κ3) is 1.79. The van der Waals surface area contributed by atoms with E-state index in [0.29, 0.717) is 5.92 Å². The van der Waals surface area contributed by atoms with Gasteiger partial charge in [0.25, 0.3) is 0 Å². The number of rotatable bonds is 2. The molecule has 1 aromatic rings. The predicted molar refractivity (Wildman–Crippen MR) is 54.3 cm³/mol. The average molecular weight is 163 g/mol. The van der Waals surface area contributed by atoms with Gasteiger partial charge < -0.3 is 5.73 Å². The van der Waals surface area contributed by atoms with Crippen LogP contribution >= 0.6 is 0 Å². The minimum absolute atomic E-state index is 0.593. The van der Waals surface area contributed by atoms with Crippen LogP contribution in [0.3, 0.4) is 0 Å². The third-order valence-corrected chi connectivity index (χ3v) is 2.21. The van der Waals surface area contributed by atoms with Crippen LogP contribution in [0.2, 0.25) is 0 Å². The number of hydrogen-bond acceptors (Lipinski definition) is 1. The van der Waals surface area contributed by atoms with Crippen LogP contribution < -0.4 is 5.73 Å². The lowest BCUT2D eigenvalue weighted by atomic mass is 9.99. The predicted octanol–water partition coefficient (Wildman–Crippen LogP) is 2.95. The topological polar surface area (TPSA) is 26.0 Å². The molecule has 2 N–H and O–H groups in total. The molecule has 0 fully saturated rings. The average Bonchev–Trinajstić information content (AvgIpc) is 2.05. The van der Waals surface area contributed by atoms with E-state index < -0.39 is 0 Å². The summed E-state index contributed by atoms with van der Waals surface area (Å²) in [5.41, 5.74) is 9.36. The van der Waals surface area contributed by atoms with Crippen LogP contribution in [0.1, 0.15) is 37.8 Å². The lowest BCUT2D eigenvalue weighted by Gasteiger charge is -2.09. The monoisotopic (exact) mass is 163 g/mol. The fraction of sp³-hybridized carbons (Fsp3) is 0.455. The summed E-state index contributed by atoms with van der Waals surface area (Å²) in [6.45, 7) is 6.53. The summed E-state index contributed by atoms with van der Waals surface area (Å²) >= 11 is 0. The normalized spacial score (nSPS) is 10.7. The smallest absolute Gasteiger partial charge is 0.0346 e. The molecule has 12 heavy (non-hydrogen) atoms. The Kier molecular flexibility index (Phi) is 2.74. The Balaban J connectivity index is 3.05. The van der Waals surface area contributed by atoms with Crippen molar-refractivity contribution in [2.24, 2.45) is 0 Å². The van der Waals surface area contributed by atoms with Gasteiger partial charge >= 0.3 is 0 Å². The van der Waals surface area contributed by atoms with Crippen molar-refractivity contribution in [3.8, 4) is 0 Å². The molecule has 0 bridgehead atoms. The summed E-state index contributed by atoms with van der Waals surface area (Å²) in [6.07, 6.45) is 1.02. The number of benzene rings is 1. The Hall–Kier alpha value is -0.980. The maximum Gasteiger partial charge on any atom is 0.0346 e. The van der Waals surface area contributed by atoms with Gasteiger partial charge in [0, 0.05) is 5.69 Å². The third-order valence-electron chi connectivity index (χ3n) is 2.21. The van der Waals surface area contributed by atoms with Gasteiger partial charge in [0.15, 0.2) is 0 Å². The molecule has 1 aromatic carbocycles. The van der Waals surface area contributed by atoms with Crippen LogP contribution in [0, 0.1) is 0 Å². The van der Waals surface area contributed by atoms with E-state index in [2.05, 4.69) is 32.9 Å². The first-order chi connectivity index (χ1) is 5.65. The van der Waals surface area contributed by atoms with Gasteiger partial charge in [-0.05, 0) is 29.5 Å². The molecule has 0 amide bonds. The minimum atomic E-state index is 0.593. The molecule has 0 unspecified atom stereocenters. The van der Waals surface area contributed by atoms with Gasteiger partial charge in [-0.1, -0.05) is 32.9 Å². The van der Waals surface area contributed by atoms with Crippen LogP contribution in [0.4, 0.5) is 5.69 Å². The highest BCUT2D eigenvalue weighted by molar-refractivity contribution is 5.49. The molecule has 0 spiro atoms. The van der Waals surface area contributed by atoms with E-state index >= 15 is 0 Å². The van der Waals surface area contributed by atoms with Crippen molar-refractivity contribution in [2.75, 3.05) is 5.73 Å². The van der Waals surface area contributed by atoms with Crippen molar-refractivity contribution >= 4 is 5.69 Å². The Morgan fingerprint density at radius 2 is 2.00 bits per heavy atom. The zero-order valence-corrected chi connectivity index (χ0v) is 8.09. The van der Waals surface area contributed by atoms with Gasteiger partial charge in [-0.2, -0.15) is 0 Å². The molecule has 0 aliphatic rings. The molecule has 0 saturated heterocycles. The Bertz CT molecular complexity index is 264. The van der Waals surface area contributed by atoms with Crippen LogP contribution in [0.5, 0.6) is 0 Å². The number of anilines is 1. The molecule has 0 aliphatic carbocycles. The molecule has 1 nitrogen and oxygen atoms in total. The molecule has 0 aromatic heterocycles. The molecule has 1 heteroatoms. The summed E-state index contributed by atoms with van der Waals surface area (Å²) in [6, 6.07) is 6.33. The molecular weight excluding hydrogens is 146 g/mol. The Labute approximate surface area is 74.6 Å². The van der Waals surface area contributed by atoms with Crippen molar-refractivity contribution < 1.29 is 0 Å². The van der Waals surface area contributed by atoms with Gasteiger partial charge in [0.05, 0.1) is 0 Å². The van der Waals surface area contributed by atoms with Crippen molar-refractivity contribution in [2.45, 2.75) is 33.1 Å². The minimum Gasteiger partial charge on any atom is -0.399 e. The summed E-state index contributed by atoms with van der Waals surface area (Å²) in [5, 5.41) is 0. The highest BCUT2D eigenvalue weighted by Gasteiger charge is 2.01. The van der Waals surface area contributed by atoms with E-state index in [1.165, 1.54) is 11.1 Å². The largest absolute Gasteiger partial charge is 0.399 e. The van der Waals surface area contributed by atoms with E-state index in [9.17, 15) is 0 Å². The summed E-state index contributed by atoms with van der Waals surface area (Å²) < 4.78 is 0. The molecule has 0 aliphatic heterocycles. The first-order valence-corrected chi connectivity index (χ1v) is 4.53. The maximum atomic E-state index is 5.80. The molecule has 1 rings (SSSR count). The lowest BCUT2D eigenvalue weighted by Crippen LogP contribution is -1.95. The molecule has 0 heterocycles. The standard InChI is InChI=1S/C11H17N/c1-4-9-7-10(8(2)3)5-6-11(9)12/h5-8H,4,12H2,1-3H3. The van der Waals surface area contributed by atoms with Crippen LogP contribution in [0.15, 0.2) is 18.2 Å². The maximum absolute atomic E-state index is 5.80. The van der Waals surface area contributed by atoms with Gasteiger partial charge in [-0.15, -0.1) is 0 Å². The van der Waals surface area contributed by atoms with Gasteiger partial charge in [-0.25, -0.2) is 0 Å². The van der Waals surface area contributed by atoms with Crippen molar-refractivity contribution in [1.29, 1.82) is 0 Å². The summed E-state index contributed by atoms with van der Waals surface area (Å²) in [7, 11) is 0.